The summed E-state index contributed by atoms with van der Waals surface area (Å²) in [6.45, 7) is 1.71. The van der Waals surface area contributed by atoms with E-state index in [4.69, 9.17) is 15.6 Å². The van der Waals surface area contributed by atoms with Crippen LogP contribution >= 0.6 is 11.8 Å². The lowest BCUT2D eigenvalue weighted by Gasteiger charge is -2.04. The van der Waals surface area contributed by atoms with Gasteiger partial charge in [0.1, 0.15) is 23.7 Å². The first-order valence-electron chi connectivity index (χ1n) is 4.91. The number of oxazole rings is 1. The smallest absolute Gasteiger partial charge is 0.260 e. The number of rotatable bonds is 3. The van der Waals surface area contributed by atoms with E-state index in [-0.39, 0.29) is 15.7 Å². The van der Waals surface area contributed by atoms with Gasteiger partial charge in [-0.25, -0.2) is 13.8 Å². The van der Waals surface area contributed by atoms with Crippen LogP contribution in [0.3, 0.4) is 0 Å². The maximum Gasteiger partial charge on any atom is 0.260 e. The third-order valence-corrected chi connectivity index (χ3v) is 3.05. The predicted molar refractivity (Wildman–Crippen MR) is 62.7 cm³/mol. The number of halogens is 2. The Labute approximate surface area is 106 Å². The van der Waals surface area contributed by atoms with E-state index >= 15 is 0 Å². The summed E-state index contributed by atoms with van der Waals surface area (Å²) in [4.78, 5) is 3.71. The van der Waals surface area contributed by atoms with Crippen molar-refractivity contribution in [1.29, 1.82) is 5.41 Å². The molecule has 3 N–H and O–H groups in total. The number of hydrogen-bond donors (Lipinski definition) is 2. The number of amidine groups is 1. The molecule has 0 aliphatic rings. The van der Waals surface area contributed by atoms with Crippen molar-refractivity contribution in [3.63, 3.8) is 0 Å². The van der Waals surface area contributed by atoms with Gasteiger partial charge in [0.15, 0.2) is 0 Å². The topological polar surface area (TPSA) is 75.9 Å². The summed E-state index contributed by atoms with van der Waals surface area (Å²) in [5.41, 5.74) is 5.79. The van der Waals surface area contributed by atoms with E-state index in [2.05, 4.69) is 4.98 Å². The van der Waals surface area contributed by atoms with Crippen molar-refractivity contribution in [3.8, 4) is 0 Å². The van der Waals surface area contributed by atoms with Gasteiger partial charge in [-0.15, -0.1) is 0 Å². The van der Waals surface area contributed by atoms with E-state index in [1.807, 2.05) is 0 Å². The summed E-state index contributed by atoms with van der Waals surface area (Å²) in [6.07, 6.45) is 1.39. The lowest BCUT2D eigenvalue weighted by molar-refractivity contribution is 0.451. The molecule has 1 aromatic carbocycles. The molecule has 0 spiro atoms. The Morgan fingerprint density at radius 3 is 2.44 bits per heavy atom. The Hall–Kier alpha value is -1.89. The van der Waals surface area contributed by atoms with E-state index in [1.54, 1.807) is 6.92 Å². The number of nitrogens with two attached hydrogens (primary N) is 1. The molecule has 0 saturated heterocycles. The van der Waals surface area contributed by atoms with Crippen molar-refractivity contribution < 1.29 is 13.2 Å². The first-order valence-corrected chi connectivity index (χ1v) is 5.72. The standard InChI is InChI=1S/C11H9F2N3OS/c1-5-4-17-11(16-5)18-9-7(12)2-6(10(14)15)3-8(9)13/h2-4H,1H3,(H3,14,15). The molecule has 2 rings (SSSR count). The quantitative estimate of drug-likeness (QED) is 0.663. The first kappa shape index (κ1) is 12.6. The summed E-state index contributed by atoms with van der Waals surface area (Å²) >= 11 is 0.743. The van der Waals surface area contributed by atoms with Gasteiger partial charge in [0.25, 0.3) is 5.22 Å². The molecular formula is C11H9F2N3OS. The molecule has 1 heterocycles. The number of aryl methyl sites for hydroxylation is 1. The van der Waals surface area contributed by atoms with Crippen LogP contribution in [0.1, 0.15) is 11.3 Å². The Bertz CT molecular complexity index is 589. The molecule has 1 aromatic heterocycles. The molecule has 0 atom stereocenters. The minimum absolute atomic E-state index is 0.00191. The van der Waals surface area contributed by atoms with Crippen molar-refractivity contribution in [2.24, 2.45) is 5.73 Å². The van der Waals surface area contributed by atoms with Gasteiger partial charge in [-0.2, -0.15) is 0 Å². The van der Waals surface area contributed by atoms with Gasteiger partial charge in [0, 0.05) is 5.56 Å². The molecule has 0 aliphatic heterocycles. The van der Waals surface area contributed by atoms with Gasteiger partial charge >= 0.3 is 0 Å². The van der Waals surface area contributed by atoms with Gasteiger partial charge in [0.05, 0.1) is 10.6 Å². The molecule has 0 bridgehead atoms. The fourth-order valence-corrected chi connectivity index (χ4v) is 2.05. The van der Waals surface area contributed by atoms with E-state index < -0.39 is 17.5 Å². The molecular weight excluding hydrogens is 260 g/mol. The highest BCUT2D eigenvalue weighted by Gasteiger charge is 2.16. The number of nitrogen functional groups attached to an aromatic ring is 1. The lowest BCUT2D eigenvalue weighted by atomic mass is 10.2. The maximum absolute atomic E-state index is 13.7. The molecule has 2 aromatic rings. The minimum atomic E-state index is -0.805. The van der Waals surface area contributed by atoms with Crippen LogP contribution in [0.4, 0.5) is 8.78 Å². The van der Waals surface area contributed by atoms with E-state index in [9.17, 15) is 8.78 Å². The predicted octanol–water partition coefficient (Wildman–Crippen LogP) is 2.70. The van der Waals surface area contributed by atoms with Gasteiger partial charge < -0.3 is 10.2 Å². The zero-order valence-electron chi connectivity index (χ0n) is 9.33. The molecule has 0 unspecified atom stereocenters. The third kappa shape index (κ3) is 2.51. The molecule has 94 valence electrons. The van der Waals surface area contributed by atoms with Crippen LogP contribution in [0.5, 0.6) is 0 Å². The molecule has 0 fully saturated rings. The number of benzene rings is 1. The highest BCUT2D eigenvalue weighted by Crippen LogP contribution is 2.32. The lowest BCUT2D eigenvalue weighted by Crippen LogP contribution is -2.12. The van der Waals surface area contributed by atoms with Gasteiger partial charge in [-0.3, -0.25) is 5.41 Å². The SMILES string of the molecule is Cc1coc(Sc2c(F)cc(C(=N)N)cc2F)n1. The molecule has 4 nitrogen and oxygen atoms in total. The Kier molecular flexibility index (Phi) is 3.33. The summed E-state index contributed by atoms with van der Waals surface area (Å²) in [5, 5.41) is 7.28. The second-order valence-electron chi connectivity index (χ2n) is 3.54. The molecule has 18 heavy (non-hydrogen) atoms. The van der Waals surface area contributed by atoms with Crippen molar-refractivity contribution in [2.45, 2.75) is 17.0 Å². The largest absolute Gasteiger partial charge is 0.439 e. The minimum Gasteiger partial charge on any atom is -0.439 e. The van der Waals surface area contributed by atoms with E-state index in [0.717, 1.165) is 23.9 Å². The number of aromatic nitrogens is 1. The van der Waals surface area contributed by atoms with Crippen molar-refractivity contribution in [1.82, 2.24) is 4.98 Å². The van der Waals surface area contributed by atoms with E-state index in [1.165, 1.54) is 6.26 Å². The van der Waals surface area contributed by atoms with Crippen LogP contribution in [0, 0.1) is 24.0 Å². The highest BCUT2D eigenvalue weighted by molar-refractivity contribution is 7.99. The molecule has 0 amide bonds. The number of nitrogens with one attached hydrogen (secondary N) is 1. The first-order chi connectivity index (χ1) is 8.47. The van der Waals surface area contributed by atoms with Crippen LogP contribution in [0.25, 0.3) is 0 Å². The van der Waals surface area contributed by atoms with Crippen molar-refractivity contribution >= 4 is 17.6 Å². The summed E-state index contributed by atoms with van der Waals surface area (Å²) in [7, 11) is 0. The van der Waals surface area contributed by atoms with Crippen LogP contribution in [-0.4, -0.2) is 10.8 Å². The highest BCUT2D eigenvalue weighted by atomic mass is 32.2. The molecule has 0 radical (unpaired) electrons. The summed E-state index contributed by atoms with van der Waals surface area (Å²) in [5.74, 6) is -2.00. The molecule has 0 saturated carbocycles. The number of nitrogens with zero attached hydrogens (tertiary/aromatic N) is 1. The Balaban J connectivity index is 2.37. The average Bonchev–Trinajstić information content (AvgIpc) is 2.69. The van der Waals surface area contributed by atoms with Gasteiger partial charge in [-0.05, 0) is 30.8 Å². The fourth-order valence-electron chi connectivity index (χ4n) is 1.28. The van der Waals surface area contributed by atoms with Crippen LogP contribution in [0.15, 0.2) is 32.9 Å². The third-order valence-electron chi connectivity index (χ3n) is 2.10. The summed E-state index contributed by atoms with van der Waals surface area (Å²) < 4.78 is 32.4. The van der Waals surface area contributed by atoms with Gasteiger partial charge in [0.2, 0.25) is 0 Å². The fraction of sp³-hybridized carbons (Fsp3) is 0.0909. The normalized spacial score (nSPS) is 10.6. The van der Waals surface area contributed by atoms with Crippen LogP contribution in [-0.2, 0) is 0 Å². The molecule has 7 heteroatoms. The monoisotopic (exact) mass is 269 g/mol. The zero-order chi connectivity index (χ0) is 13.3. The van der Waals surface area contributed by atoms with Crippen LogP contribution in [0.2, 0.25) is 0 Å². The summed E-state index contributed by atoms with van der Waals surface area (Å²) in [6, 6.07) is 2.01. The van der Waals surface area contributed by atoms with Gasteiger partial charge in [-0.1, -0.05) is 0 Å². The zero-order valence-corrected chi connectivity index (χ0v) is 10.1. The number of hydrogen-bond acceptors (Lipinski definition) is 4. The van der Waals surface area contributed by atoms with Crippen molar-refractivity contribution in [2.75, 3.05) is 0 Å². The molecule has 0 aliphatic carbocycles. The maximum atomic E-state index is 13.7. The Morgan fingerprint density at radius 2 is 2.00 bits per heavy atom. The second-order valence-corrected chi connectivity index (χ2v) is 4.50. The van der Waals surface area contributed by atoms with E-state index in [0.29, 0.717) is 5.69 Å². The Morgan fingerprint density at radius 1 is 1.39 bits per heavy atom. The average molecular weight is 269 g/mol. The second kappa shape index (κ2) is 4.77. The van der Waals surface area contributed by atoms with Crippen LogP contribution < -0.4 is 5.73 Å². The van der Waals surface area contributed by atoms with Crippen molar-refractivity contribution in [3.05, 3.63) is 41.3 Å².